The van der Waals surface area contributed by atoms with Crippen molar-refractivity contribution in [2.75, 3.05) is 0 Å². The minimum atomic E-state index is 0.206. The first kappa shape index (κ1) is 26.9. The highest BCUT2D eigenvalue weighted by Crippen LogP contribution is 2.56. The van der Waals surface area contributed by atoms with Crippen molar-refractivity contribution in [3.05, 3.63) is 174 Å². The van der Waals surface area contributed by atoms with Gasteiger partial charge in [0.2, 0.25) is 5.95 Å². The van der Waals surface area contributed by atoms with Crippen molar-refractivity contribution in [2.45, 2.75) is 5.92 Å². The first-order chi connectivity index (χ1) is 24.3. The number of rotatable bonds is 3. The Bertz CT molecular complexity index is 2940. The van der Waals surface area contributed by atoms with E-state index in [4.69, 9.17) is 9.97 Å². The van der Waals surface area contributed by atoms with Gasteiger partial charge in [0, 0.05) is 42.6 Å². The molecule has 0 N–H and O–H groups in total. The Balaban J connectivity index is 1.25. The van der Waals surface area contributed by atoms with Crippen LogP contribution < -0.4 is 0 Å². The van der Waals surface area contributed by atoms with Crippen molar-refractivity contribution in [1.29, 1.82) is 0 Å². The molecule has 11 rings (SSSR count). The fourth-order valence-electron chi connectivity index (χ4n) is 8.20. The van der Waals surface area contributed by atoms with Crippen molar-refractivity contribution >= 4 is 64.9 Å². The molecule has 1 atom stereocenters. The van der Waals surface area contributed by atoms with Crippen LogP contribution in [0.25, 0.3) is 81.2 Å². The molecule has 3 heterocycles. The molecule has 0 amide bonds. The van der Waals surface area contributed by atoms with Crippen LogP contribution in [0.4, 0.5) is 0 Å². The molecule has 0 saturated heterocycles. The number of aromatic nitrogens is 3. The Morgan fingerprint density at radius 2 is 1.24 bits per heavy atom. The maximum absolute atomic E-state index is 5.40. The second-order valence-electron chi connectivity index (χ2n) is 12.9. The minimum Gasteiger partial charge on any atom is -0.278 e. The predicted molar refractivity (Wildman–Crippen MR) is 205 cm³/mol. The molecule has 0 fully saturated rings. The van der Waals surface area contributed by atoms with Crippen LogP contribution in [-0.2, 0) is 0 Å². The molecule has 1 aliphatic rings. The van der Waals surface area contributed by atoms with Crippen LogP contribution in [-0.4, -0.2) is 14.5 Å². The van der Waals surface area contributed by atoms with Crippen molar-refractivity contribution in [1.82, 2.24) is 14.5 Å². The number of para-hydroxylation sites is 1. The predicted octanol–water partition coefficient (Wildman–Crippen LogP) is 11.9. The second kappa shape index (κ2) is 10.2. The summed E-state index contributed by atoms with van der Waals surface area (Å²) in [6.45, 7) is 0. The van der Waals surface area contributed by atoms with E-state index in [0.717, 1.165) is 38.6 Å². The van der Waals surface area contributed by atoms with Gasteiger partial charge in [-0.3, -0.25) is 4.57 Å². The standard InChI is InChI=1S/C45H27N3S/c1-3-14-28(15-4-1)38-31-19-9-10-20-32(31)43-40(38)34-25-26-37-39(44(34)49-43)33-21-11-12-22-36(33)48(37)45-46-41(29-16-5-2-6-17-29)35-24-23-27-13-7-8-18-30(27)42(35)47-45/h1-26,38H. The van der Waals surface area contributed by atoms with Gasteiger partial charge in [-0.25, -0.2) is 9.97 Å². The van der Waals surface area contributed by atoms with Crippen LogP contribution >= 0.6 is 11.3 Å². The van der Waals surface area contributed by atoms with Crippen molar-refractivity contribution in [3.8, 4) is 27.6 Å². The molecule has 10 aromatic rings. The van der Waals surface area contributed by atoms with Gasteiger partial charge in [0.15, 0.2) is 0 Å². The van der Waals surface area contributed by atoms with Crippen molar-refractivity contribution < 1.29 is 0 Å². The summed E-state index contributed by atoms with van der Waals surface area (Å²) in [4.78, 5) is 12.2. The number of hydrogen-bond acceptors (Lipinski definition) is 3. The third-order valence-electron chi connectivity index (χ3n) is 10.3. The highest BCUT2D eigenvalue weighted by molar-refractivity contribution is 7.23. The zero-order chi connectivity index (χ0) is 32.1. The Morgan fingerprint density at radius 1 is 0.531 bits per heavy atom. The summed E-state index contributed by atoms with van der Waals surface area (Å²) in [5.74, 6) is 0.891. The summed E-state index contributed by atoms with van der Waals surface area (Å²) in [7, 11) is 0. The van der Waals surface area contributed by atoms with Gasteiger partial charge in [-0.1, -0.05) is 140 Å². The number of fused-ring (bicyclic) bond motifs is 12. The van der Waals surface area contributed by atoms with Crippen LogP contribution in [0.2, 0.25) is 0 Å². The highest BCUT2D eigenvalue weighted by Gasteiger charge is 2.34. The minimum absolute atomic E-state index is 0.206. The molecule has 3 aromatic heterocycles. The molecule has 0 spiro atoms. The summed E-state index contributed by atoms with van der Waals surface area (Å²) in [6.07, 6.45) is 0. The maximum Gasteiger partial charge on any atom is 0.235 e. The van der Waals surface area contributed by atoms with Gasteiger partial charge >= 0.3 is 0 Å². The fourth-order valence-corrected chi connectivity index (χ4v) is 9.64. The quantitative estimate of drug-likeness (QED) is 0.180. The molecule has 7 aromatic carbocycles. The topological polar surface area (TPSA) is 30.7 Å². The van der Waals surface area contributed by atoms with E-state index in [-0.39, 0.29) is 5.92 Å². The van der Waals surface area contributed by atoms with Gasteiger partial charge in [0.05, 0.1) is 22.2 Å². The number of nitrogens with zero attached hydrogens (tertiary/aromatic N) is 3. The Hall–Kier alpha value is -6.10. The molecule has 1 aliphatic carbocycles. The summed E-state index contributed by atoms with van der Waals surface area (Å²) in [6, 6.07) is 56.7. The molecular formula is C45H27N3S. The van der Waals surface area contributed by atoms with E-state index in [2.05, 4.69) is 162 Å². The molecule has 3 nitrogen and oxygen atoms in total. The lowest BCUT2D eigenvalue weighted by molar-refractivity contribution is 1.02. The highest BCUT2D eigenvalue weighted by atomic mass is 32.1. The zero-order valence-electron chi connectivity index (χ0n) is 26.3. The average Bonchev–Trinajstić information content (AvgIpc) is 3.82. The van der Waals surface area contributed by atoms with Crippen LogP contribution in [0.15, 0.2) is 158 Å². The lowest BCUT2D eigenvalue weighted by Gasteiger charge is -2.15. The van der Waals surface area contributed by atoms with Crippen LogP contribution in [0.3, 0.4) is 0 Å². The lowest BCUT2D eigenvalue weighted by atomic mass is 9.88. The number of thiophene rings is 1. The third-order valence-corrected chi connectivity index (χ3v) is 11.6. The van der Waals surface area contributed by atoms with Gasteiger partial charge in [-0.15, -0.1) is 11.3 Å². The van der Waals surface area contributed by atoms with Crippen molar-refractivity contribution in [3.63, 3.8) is 0 Å². The van der Waals surface area contributed by atoms with Gasteiger partial charge in [0.25, 0.3) is 0 Å². The largest absolute Gasteiger partial charge is 0.278 e. The Morgan fingerprint density at radius 3 is 2.12 bits per heavy atom. The van der Waals surface area contributed by atoms with E-state index in [0.29, 0.717) is 5.95 Å². The maximum atomic E-state index is 5.40. The normalized spacial score (nSPS) is 13.9. The van der Waals surface area contributed by atoms with E-state index in [1.165, 1.54) is 53.4 Å². The summed E-state index contributed by atoms with van der Waals surface area (Å²) in [5.41, 5.74) is 10.7. The average molecular weight is 642 g/mol. The van der Waals surface area contributed by atoms with E-state index in [1.807, 2.05) is 11.3 Å². The zero-order valence-corrected chi connectivity index (χ0v) is 27.2. The fraction of sp³-hybridized carbons (Fsp3) is 0.0222. The van der Waals surface area contributed by atoms with Gasteiger partial charge in [0.1, 0.15) is 0 Å². The van der Waals surface area contributed by atoms with Crippen LogP contribution in [0.5, 0.6) is 0 Å². The molecule has 0 saturated carbocycles. The van der Waals surface area contributed by atoms with E-state index >= 15 is 0 Å². The van der Waals surface area contributed by atoms with Gasteiger partial charge in [-0.2, -0.15) is 0 Å². The molecule has 49 heavy (non-hydrogen) atoms. The summed E-state index contributed by atoms with van der Waals surface area (Å²) >= 11 is 1.93. The molecule has 0 aliphatic heterocycles. The van der Waals surface area contributed by atoms with E-state index in [9.17, 15) is 0 Å². The van der Waals surface area contributed by atoms with Crippen LogP contribution in [0, 0.1) is 0 Å². The monoisotopic (exact) mass is 641 g/mol. The first-order valence-corrected chi connectivity index (χ1v) is 17.5. The third kappa shape index (κ3) is 3.78. The molecule has 4 heteroatoms. The Kier molecular flexibility index (Phi) is 5.60. The van der Waals surface area contributed by atoms with E-state index in [1.54, 1.807) is 0 Å². The van der Waals surface area contributed by atoms with Crippen LogP contribution in [0.1, 0.15) is 22.6 Å². The summed E-state index contributed by atoms with van der Waals surface area (Å²) in [5, 5.41) is 7.16. The molecule has 0 radical (unpaired) electrons. The van der Waals surface area contributed by atoms with E-state index < -0.39 is 0 Å². The lowest BCUT2D eigenvalue weighted by Crippen LogP contribution is -2.03. The summed E-state index contributed by atoms with van der Waals surface area (Å²) < 4.78 is 3.60. The molecular weight excluding hydrogens is 615 g/mol. The smallest absolute Gasteiger partial charge is 0.235 e. The molecule has 1 unspecified atom stereocenters. The SMILES string of the molecule is c1ccc(-c2nc(-n3c4ccccc4c4c5sc6c(c5ccc43)C(c3ccccc3)c3ccccc3-6)nc3c2ccc2ccccc23)cc1. The van der Waals surface area contributed by atoms with Crippen molar-refractivity contribution in [2.24, 2.45) is 0 Å². The van der Waals surface area contributed by atoms with Gasteiger partial charge in [-0.05, 0) is 51.2 Å². The molecule has 0 bridgehead atoms. The second-order valence-corrected chi connectivity index (χ2v) is 13.9. The van der Waals surface area contributed by atoms with Gasteiger partial charge < -0.3 is 0 Å². The first-order valence-electron chi connectivity index (χ1n) is 16.7. The Labute approximate surface area is 286 Å². The number of benzene rings is 7. The number of hydrogen-bond donors (Lipinski definition) is 0. The molecule has 228 valence electrons.